The van der Waals surface area contributed by atoms with E-state index in [0.717, 1.165) is 0 Å². The average molecular weight is 322 g/mol. The number of primary amides is 2. The Morgan fingerprint density at radius 3 is 2.17 bits per heavy atom. The Morgan fingerprint density at radius 2 is 1.70 bits per heavy atom. The summed E-state index contributed by atoms with van der Waals surface area (Å²) in [5, 5.41) is 10.9. The number of carbonyl (C=O) groups is 4. The van der Waals surface area contributed by atoms with Crippen molar-refractivity contribution in [1.82, 2.24) is 10.8 Å². The third-order valence-corrected chi connectivity index (χ3v) is 3.12. The van der Waals surface area contributed by atoms with Crippen molar-refractivity contribution in [2.45, 2.75) is 18.9 Å². The minimum absolute atomic E-state index is 0.0661. The molecule has 0 spiro atoms. The van der Waals surface area contributed by atoms with Crippen LogP contribution in [0.2, 0.25) is 0 Å². The van der Waals surface area contributed by atoms with E-state index in [1.807, 2.05) is 0 Å². The van der Waals surface area contributed by atoms with Gasteiger partial charge in [0, 0.05) is 6.42 Å². The minimum Gasteiger partial charge on any atom is -0.370 e. The van der Waals surface area contributed by atoms with Gasteiger partial charge >= 0.3 is 6.03 Å². The van der Waals surface area contributed by atoms with E-state index in [1.54, 1.807) is 30.3 Å². The Labute approximate surface area is 132 Å². The maximum Gasteiger partial charge on any atom is 0.312 e. The Bertz CT molecular complexity index is 590. The molecule has 0 radical (unpaired) electrons. The first-order chi connectivity index (χ1) is 10.8. The number of hydrogen-bond donors (Lipinski definition) is 5. The Hall–Kier alpha value is -2.94. The topological polar surface area (TPSA) is 165 Å². The molecule has 0 heterocycles. The quantitative estimate of drug-likeness (QED) is 0.231. The molecule has 23 heavy (non-hydrogen) atoms. The lowest BCUT2D eigenvalue weighted by Gasteiger charge is -2.21. The molecule has 124 valence electrons. The average Bonchev–Trinajstić information content (AvgIpc) is 2.51. The Kier molecular flexibility index (Phi) is 6.68. The van der Waals surface area contributed by atoms with Gasteiger partial charge in [0.2, 0.25) is 5.91 Å². The van der Waals surface area contributed by atoms with Gasteiger partial charge in [-0.2, -0.15) is 0 Å². The van der Waals surface area contributed by atoms with Gasteiger partial charge < -0.3 is 16.8 Å². The van der Waals surface area contributed by atoms with Gasteiger partial charge in [-0.1, -0.05) is 30.3 Å². The molecule has 0 aliphatic rings. The molecule has 2 atom stereocenters. The zero-order valence-corrected chi connectivity index (χ0v) is 12.2. The molecule has 7 N–H and O–H groups in total. The van der Waals surface area contributed by atoms with Crippen LogP contribution in [-0.4, -0.2) is 34.9 Å². The summed E-state index contributed by atoms with van der Waals surface area (Å²) in [6, 6.07) is 6.59. The summed E-state index contributed by atoms with van der Waals surface area (Å²) in [5.74, 6) is -4.29. The molecule has 0 aliphatic heterocycles. The van der Waals surface area contributed by atoms with Gasteiger partial charge in [-0.15, -0.1) is 0 Å². The van der Waals surface area contributed by atoms with Crippen LogP contribution in [0.4, 0.5) is 4.79 Å². The summed E-state index contributed by atoms with van der Waals surface area (Å²) in [6.45, 7) is 0. The van der Waals surface area contributed by atoms with Gasteiger partial charge in [-0.3, -0.25) is 19.6 Å². The van der Waals surface area contributed by atoms with Crippen LogP contribution in [-0.2, 0) is 20.8 Å². The van der Waals surface area contributed by atoms with Crippen molar-refractivity contribution in [3.05, 3.63) is 35.9 Å². The number of nitrogens with two attached hydrogens (primary N) is 2. The maximum atomic E-state index is 12.5. The lowest BCUT2D eigenvalue weighted by atomic mass is 9.90. The van der Waals surface area contributed by atoms with Gasteiger partial charge in [0.25, 0.3) is 5.91 Å². The molecule has 0 aromatic heterocycles. The number of carbonyl (C=O) groups excluding carboxylic acids is 4. The fourth-order valence-corrected chi connectivity index (χ4v) is 2.09. The first-order valence-corrected chi connectivity index (χ1v) is 6.71. The molecule has 1 aromatic rings. The minimum atomic E-state index is -1.53. The molecule has 0 saturated heterocycles. The lowest BCUT2D eigenvalue weighted by Crippen LogP contribution is -2.50. The first-order valence-electron chi connectivity index (χ1n) is 6.71. The molecule has 0 bridgehead atoms. The highest BCUT2D eigenvalue weighted by molar-refractivity contribution is 6.06. The third kappa shape index (κ3) is 5.75. The van der Waals surface area contributed by atoms with E-state index in [0.29, 0.717) is 5.56 Å². The van der Waals surface area contributed by atoms with Crippen molar-refractivity contribution in [3.63, 3.8) is 0 Å². The van der Waals surface area contributed by atoms with Gasteiger partial charge in [-0.25, -0.2) is 10.3 Å². The van der Waals surface area contributed by atoms with Crippen LogP contribution in [0.15, 0.2) is 30.3 Å². The smallest absolute Gasteiger partial charge is 0.312 e. The summed E-state index contributed by atoms with van der Waals surface area (Å²) in [4.78, 5) is 46.2. The second-order valence-electron chi connectivity index (χ2n) is 4.85. The second kappa shape index (κ2) is 8.49. The van der Waals surface area contributed by atoms with Crippen LogP contribution in [0.25, 0.3) is 0 Å². The van der Waals surface area contributed by atoms with E-state index in [1.165, 1.54) is 5.48 Å². The fourth-order valence-electron chi connectivity index (χ4n) is 2.09. The third-order valence-electron chi connectivity index (χ3n) is 3.12. The number of rotatable bonds is 8. The highest BCUT2D eigenvalue weighted by atomic mass is 16.5. The van der Waals surface area contributed by atoms with E-state index < -0.39 is 42.0 Å². The van der Waals surface area contributed by atoms with E-state index in [2.05, 4.69) is 5.32 Å². The molecule has 1 rings (SSSR count). The lowest BCUT2D eigenvalue weighted by molar-refractivity contribution is -0.143. The van der Waals surface area contributed by atoms with Crippen LogP contribution in [0, 0.1) is 5.92 Å². The molecule has 9 heteroatoms. The molecule has 1 aromatic carbocycles. The van der Waals surface area contributed by atoms with Crippen molar-refractivity contribution in [1.29, 1.82) is 0 Å². The predicted octanol–water partition coefficient (Wildman–Crippen LogP) is -1.17. The Balaban J connectivity index is 3.02. The van der Waals surface area contributed by atoms with Gasteiger partial charge in [0.05, 0.1) is 6.04 Å². The van der Waals surface area contributed by atoms with Crippen LogP contribution in [0.1, 0.15) is 12.0 Å². The monoisotopic (exact) mass is 322 g/mol. The van der Waals surface area contributed by atoms with E-state index in [-0.39, 0.29) is 6.42 Å². The van der Waals surface area contributed by atoms with Crippen molar-refractivity contribution < 1.29 is 24.4 Å². The normalized spacial score (nSPS) is 12.7. The Morgan fingerprint density at radius 1 is 1.09 bits per heavy atom. The van der Waals surface area contributed by atoms with Crippen molar-refractivity contribution >= 4 is 23.6 Å². The predicted molar refractivity (Wildman–Crippen MR) is 78.9 cm³/mol. The van der Waals surface area contributed by atoms with Gasteiger partial charge in [-0.05, 0) is 12.0 Å². The van der Waals surface area contributed by atoms with E-state index >= 15 is 0 Å². The van der Waals surface area contributed by atoms with Crippen molar-refractivity contribution in [2.24, 2.45) is 17.4 Å². The SMILES string of the molecule is NC(=O)CC(C(=O)NO)C(=O)C(Cc1ccccc1)NC(N)=O. The van der Waals surface area contributed by atoms with Crippen LogP contribution in [0.3, 0.4) is 0 Å². The van der Waals surface area contributed by atoms with E-state index in [9.17, 15) is 19.2 Å². The molecular weight excluding hydrogens is 304 g/mol. The number of benzene rings is 1. The molecule has 9 nitrogen and oxygen atoms in total. The van der Waals surface area contributed by atoms with Crippen LogP contribution < -0.4 is 22.3 Å². The highest BCUT2D eigenvalue weighted by Gasteiger charge is 2.34. The summed E-state index contributed by atoms with van der Waals surface area (Å²) >= 11 is 0. The molecule has 2 unspecified atom stereocenters. The summed E-state index contributed by atoms with van der Waals surface area (Å²) in [6.07, 6.45) is -0.534. The molecule has 0 saturated carbocycles. The first kappa shape index (κ1) is 18.1. The number of Topliss-reactive ketones (excluding diaryl/α,β-unsaturated/α-hetero) is 1. The molecule has 0 fully saturated rings. The number of urea groups is 1. The van der Waals surface area contributed by atoms with Crippen molar-refractivity contribution in [3.8, 4) is 0 Å². The standard InChI is InChI=1S/C14H18N4O5/c15-11(19)7-9(13(21)18-23)12(20)10(17-14(16)22)6-8-4-2-1-3-5-8/h1-5,9-10,23H,6-7H2,(H2,15,19)(H,18,21)(H3,16,17,22). The number of ketones is 1. The number of nitrogens with one attached hydrogen (secondary N) is 2. The molecule has 4 amide bonds. The van der Waals surface area contributed by atoms with Crippen LogP contribution >= 0.6 is 0 Å². The molecule has 0 aliphatic carbocycles. The summed E-state index contributed by atoms with van der Waals surface area (Å²) < 4.78 is 0. The van der Waals surface area contributed by atoms with Gasteiger partial charge in [0.15, 0.2) is 5.78 Å². The number of amides is 4. The number of hydrogen-bond acceptors (Lipinski definition) is 5. The van der Waals surface area contributed by atoms with Crippen molar-refractivity contribution in [2.75, 3.05) is 0 Å². The van der Waals surface area contributed by atoms with Gasteiger partial charge in [0.1, 0.15) is 5.92 Å². The largest absolute Gasteiger partial charge is 0.370 e. The maximum absolute atomic E-state index is 12.5. The van der Waals surface area contributed by atoms with Crippen LogP contribution in [0.5, 0.6) is 0 Å². The zero-order valence-electron chi connectivity index (χ0n) is 12.2. The fraction of sp³-hybridized carbons (Fsp3) is 0.286. The zero-order chi connectivity index (χ0) is 17.4. The molecular formula is C14H18N4O5. The summed E-state index contributed by atoms with van der Waals surface area (Å²) in [5.41, 5.74) is 12.1. The highest BCUT2D eigenvalue weighted by Crippen LogP contribution is 2.12. The van der Waals surface area contributed by atoms with E-state index in [4.69, 9.17) is 16.7 Å². The summed E-state index contributed by atoms with van der Waals surface area (Å²) in [7, 11) is 0. The second-order valence-corrected chi connectivity index (χ2v) is 4.85. The number of hydroxylamine groups is 1.